The van der Waals surface area contributed by atoms with Crippen molar-refractivity contribution in [3.05, 3.63) is 50.6 Å². The first-order valence-electron chi connectivity index (χ1n) is 5.35. The van der Waals surface area contributed by atoms with E-state index < -0.39 is 0 Å². The maximum absolute atomic E-state index is 6.17. The third kappa shape index (κ3) is 3.85. The van der Waals surface area contributed by atoms with Gasteiger partial charge in [0.2, 0.25) is 0 Å². The van der Waals surface area contributed by atoms with Crippen LogP contribution < -0.4 is 5.73 Å². The van der Waals surface area contributed by atoms with Crippen LogP contribution in [0.2, 0.25) is 0 Å². The molecule has 1 unspecified atom stereocenters. The van der Waals surface area contributed by atoms with E-state index in [0.717, 1.165) is 10.2 Å². The Kier molecular flexibility index (Phi) is 4.68. The van der Waals surface area contributed by atoms with Crippen molar-refractivity contribution in [2.24, 2.45) is 5.73 Å². The minimum atomic E-state index is 0.127. The fraction of sp³-hybridized carbons (Fsp3) is 0.231. The largest absolute Gasteiger partial charge is 0.323 e. The van der Waals surface area contributed by atoms with Gasteiger partial charge in [-0.1, -0.05) is 15.9 Å². The van der Waals surface area contributed by atoms with Gasteiger partial charge in [-0.25, -0.2) is 0 Å². The molecule has 4 heteroatoms. The lowest BCUT2D eigenvalue weighted by atomic mass is 10.3. The number of rotatable bonds is 4. The molecule has 0 amide bonds. The summed E-state index contributed by atoms with van der Waals surface area (Å²) in [5, 5.41) is 0. The Morgan fingerprint density at radius 2 is 1.94 bits per heavy atom. The van der Waals surface area contributed by atoms with Gasteiger partial charge in [0.1, 0.15) is 0 Å². The van der Waals surface area contributed by atoms with Crippen LogP contribution in [-0.4, -0.2) is 5.75 Å². The minimum absolute atomic E-state index is 0.127. The van der Waals surface area contributed by atoms with E-state index in [1.165, 1.54) is 14.6 Å². The zero-order valence-electron chi connectivity index (χ0n) is 9.52. The van der Waals surface area contributed by atoms with E-state index in [-0.39, 0.29) is 6.04 Å². The molecular formula is C13H14BrNS2. The van der Waals surface area contributed by atoms with E-state index in [1.54, 1.807) is 23.1 Å². The molecule has 1 aromatic heterocycles. The first-order valence-corrected chi connectivity index (χ1v) is 7.95. The molecule has 90 valence electrons. The number of thioether (sulfide) groups is 1. The van der Waals surface area contributed by atoms with Crippen molar-refractivity contribution in [1.82, 2.24) is 0 Å². The molecule has 2 N–H and O–H groups in total. The van der Waals surface area contributed by atoms with Crippen LogP contribution in [-0.2, 0) is 0 Å². The van der Waals surface area contributed by atoms with E-state index in [0.29, 0.717) is 0 Å². The van der Waals surface area contributed by atoms with E-state index >= 15 is 0 Å². The van der Waals surface area contributed by atoms with Crippen molar-refractivity contribution in [2.45, 2.75) is 17.9 Å². The summed E-state index contributed by atoms with van der Waals surface area (Å²) >= 11 is 7.02. The molecular weight excluding hydrogens is 314 g/mol. The van der Waals surface area contributed by atoms with Crippen molar-refractivity contribution >= 4 is 39.0 Å². The van der Waals surface area contributed by atoms with Gasteiger partial charge >= 0.3 is 0 Å². The molecule has 0 saturated heterocycles. The van der Waals surface area contributed by atoms with E-state index in [4.69, 9.17) is 5.73 Å². The Morgan fingerprint density at radius 3 is 2.53 bits per heavy atom. The van der Waals surface area contributed by atoms with Gasteiger partial charge in [0.15, 0.2) is 0 Å². The SMILES string of the molecule is Cc1ccc(C(N)CSc2ccc(Br)cc2)s1. The molecule has 0 aliphatic rings. The zero-order chi connectivity index (χ0) is 12.3. The molecule has 1 nitrogen and oxygen atoms in total. The van der Waals surface area contributed by atoms with Crippen molar-refractivity contribution < 1.29 is 0 Å². The number of hydrogen-bond acceptors (Lipinski definition) is 3. The molecule has 1 heterocycles. The monoisotopic (exact) mass is 327 g/mol. The Morgan fingerprint density at radius 1 is 1.24 bits per heavy atom. The van der Waals surface area contributed by atoms with Gasteiger partial charge in [0, 0.05) is 30.9 Å². The molecule has 0 bridgehead atoms. The van der Waals surface area contributed by atoms with Gasteiger partial charge in [0.25, 0.3) is 0 Å². The molecule has 1 atom stereocenters. The summed E-state index contributed by atoms with van der Waals surface area (Å²) in [6.07, 6.45) is 0. The predicted octanol–water partition coefficient (Wildman–Crippen LogP) is 4.61. The first kappa shape index (κ1) is 13.1. The first-order chi connectivity index (χ1) is 8.15. The van der Waals surface area contributed by atoms with Crippen LogP contribution in [0.4, 0.5) is 0 Å². The molecule has 2 rings (SSSR count). The molecule has 0 spiro atoms. The molecule has 0 aliphatic carbocycles. The summed E-state index contributed by atoms with van der Waals surface area (Å²) in [7, 11) is 0. The van der Waals surface area contributed by atoms with E-state index in [2.05, 4.69) is 59.3 Å². The van der Waals surface area contributed by atoms with Crippen LogP contribution in [0.15, 0.2) is 45.8 Å². The summed E-state index contributed by atoms with van der Waals surface area (Å²) in [5.41, 5.74) is 6.17. The average Bonchev–Trinajstić information content (AvgIpc) is 2.75. The van der Waals surface area contributed by atoms with Crippen LogP contribution in [0.5, 0.6) is 0 Å². The molecule has 0 aliphatic heterocycles. The fourth-order valence-corrected chi connectivity index (χ4v) is 3.58. The van der Waals surface area contributed by atoms with Crippen LogP contribution in [0.3, 0.4) is 0 Å². The molecule has 0 radical (unpaired) electrons. The van der Waals surface area contributed by atoms with Crippen molar-refractivity contribution in [2.75, 3.05) is 5.75 Å². The second-order valence-electron chi connectivity index (χ2n) is 3.82. The Bertz CT molecular complexity index is 478. The standard InChI is InChI=1S/C13H14BrNS2/c1-9-2-7-13(17-9)12(15)8-16-11-5-3-10(14)4-6-11/h2-7,12H,8,15H2,1H3. The van der Waals surface area contributed by atoms with Gasteiger partial charge in [-0.15, -0.1) is 23.1 Å². The zero-order valence-corrected chi connectivity index (χ0v) is 12.7. The van der Waals surface area contributed by atoms with E-state index in [9.17, 15) is 0 Å². The summed E-state index contributed by atoms with van der Waals surface area (Å²) in [4.78, 5) is 3.85. The summed E-state index contributed by atoms with van der Waals surface area (Å²) < 4.78 is 1.11. The van der Waals surface area contributed by atoms with Gasteiger partial charge in [-0.3, -0.25) is 0 Å². The molecule has 1 aromatic carbocycles. The van der Waals surface area contributed by atoms with Gasteiger partial charge < -0.3 is 5.73 Å². The third-order valence-corrected chi connectivity index (χ3v) is 5.16. The van der Waals surface area contributed by atoms with Crippen LogP contribution in [0, 0.1) is 6.92 Å². The average molecular weight is 328 g/mol. The number of thiophene rings is 1. The molecule has 0 saturated carbocycles. The number of nitrogens with two attached hydrogens (primary N) is 1. The second-order valence-corrected chi connectivity index (χ2v) is 7.15. The maximum Gasteiger partial charge on any atom is 0.0485 e. The Labute approximate surface area is 119 Å². The normalized spacial score (nSPS) is 12.6. The highest BCUT2D eigenvalue weighted by atomic mass is 79.9. The predicted molar refractivity (Wildman–Crippen MR) is 80.9 cm³/mol. The molecule has 17 heavy (non-hydrogen) atoms. The van der Waals surface area contributed by atoms with Gasteiger partial charge in [0.05, 0.1) is 0 Å². The highest BCUT2D eigenvalue weighted by Gasteiger charge is 2.08. The van der Waals surface area contributed by atoms with Crippen LogP contribution in [0.25, 0.3) is 0 Å². The summed E-state index contributed by atoms with van der Waals surface area (Å²) in [6.45, 7) is 2.11. The maximum atomic E-state index is 6.17. The third-order valence-electron chi connectivity index (χ3n) is 2.37. The number of halogens is 1. The lowest BCUT2D eigenvalue weighted by Crippen LogP contribution is -2.11. The second kappa shape index (κ2) is 6.05. The lowest BCUT2D eigenvalue weighted by molar-refractivity contribution is 0.852. The van der Waals surface area contributed by atoms with Gasteiger partial charge in [-0.05, 0) is 43.3 Å². The van der Waals surface area contributed by atoms with Gasteiger partial charge in [-0.2, -0.15) is 0 Å². The highest BCUT2D eigenvalue weighted by molar-refractivity contribution is 9.10. The van der Waals surface area contributed by atoms with Crippen molar-refractivity contribution in [3.63, 3.8) is 0 Å². The molecule has 2 aromatic rings. The number of aryl methyl sites for hydroxylation is 1. The van der Waals surface area contributed by atoms with Crippen molar-refractivity contribution in [1.29, 1.82) is 0 Å². The Balaban J connectivity index is 1.92. The van der Waals surface area contributed by atoms with E-state index in [1.807, 2.05) is 0 Å². The quantitative estimate of drug-likeness (QED) is 0.830. The highest BCUT2D eigenvalue weighted by Crippen LogP contribution is 2.27. The number of benzene rings is 1. The Hall–Kier alpha value is -0.290. The molecule has 0 fully saturated rings. The topological polar surface area (TPSA) is 26.0 Å². The smallest absolute Gasteiger partial charge is 0.0485 e. The minimum Gasteiger partial charge on any atom is -0.323 e. The summed E-state index contributed by atoms with van der Waals surface area (Å²) in [6, 6.07) is 12.7. The van der Waals surface area contributed by atoms with Crippen LogP contribution >= 0.6 is 39.0 Å². The lowest BCUT2D eigenvalue weighted by Gasteiger charge is -2.09. The van der Waals surface area contributed by atoms with Crippen molar-refractivity contribution in [3.8, 4) is 0 Å². The fourth-order valence-electron chi connectivity index (χ4n) is 1.45. The summed E-state index contributed by atoms with van der Waals surface area (Å²) in [5.74, 6) is 0.918. The van der Waals surface area contributed by atoms with Crippen LogP contribution in [0.1, 0.15) is 15.8 Å². The number of hydrogen-bond donors (Lipinski definition) is 1.